The topological polar surface area (TPSA) is 27.0 Å². The molecule has 2 nitrogen and oxygen atoms in total. The Morgan fingerprint density at radius 1 is 1.70 bits per heavy atom. The lowest BCUT2D eigenvalue weighted by atomic mass is 10.0. The fraction of sp³-hybridized carbons (Fsp3) is 0.750. The lowest BCUT2D eigenvalue weighted by Crippen LogP contribution is -2.34. The molecule has 1 unspecified atom stereocenters. The summed E-state index contributed by atoms with van der Waals surface area (Å²) >= 11 is 0. The molecule has 0 N–H and O–H groups in total. The molecule has 1 saturated heterocycles. The van der Waals surface area contributed by atoms with Crippen LogP contribution in [0.25, 0.3) is 0 Å². The Kier molecular flexibility index (Phi) is 2.70. The molecule has 1 atom stereocenters. The van der Waals surface area contributed by atoms with E-state index in [-0.39, 0.29) is 0 Å². The molecule has 0 aromatic rings. The minimum absolute atomic E-state index is 0.544. The molecule has 55 valence electrons. The van der Waals surface area contributed by atoms with E-state index in [1.165, 1.54) is 12.8 Å². The predicted octanol–water partition coefficient (Wildman–Crippen LogP) is 1.06. The van der Waals surface area contributed by atoms with Crippen molar-refractivity contribution < 1.29 is 0 Å². The second-order valence-corrected chi connectivity index (χ2v) is 2.90. The molecule has 1 rings (SSSR count). The van der Waals surface area contributed by atoms with Gasteiger partial charge in [-0.15, -0.1) is 0 Å². The Morgan fingerprint density at radius 2 is 2.50 bits per heavy atom. The maximum atomic E-state index is 8.39. The van der Waals surface area contributed by atoms with Crippen LogP contribution < -0.4 is 0 Å². The van der Waals surface area contributed by atoms with E-state index in [1.807, 2.05) is 0 Å². The summed E-state index contributed by atoms with van der Waals surface area (Å²) in [6.45, 7) is 6.64. The Hall–Kier alpha value is -0.550. The number of rotatable bonds is 1. The van der Waals surface area contributed by atoms with Crippen molar-refractivity contribution >= 4 is 0 Å². The second kappa shape index (κ2) is 3.58. The van der Waals surface area contributed by atoms with Crippen molar-refractivity contribution in [2.24, 2.45) is 5.92 Å². The molecule has 0 saturated carbocycles. The summed E-state index contributed by atoms with van der Waals surface area (Å²) in [7, 11) is 0. The van der Waals surface area contributed by atoms with Gasteiger partial charge in [-0.25, -0.2) is 0 Å². The molecule has 0 aliphatic carbocycles. The molecule has 10 heavy (non-hydrogen) atoms. The number of nitriles is 1. The lowest BCUT2D eigenvalue weighted by molar-refractivity contribution is 0.217. The average molecular weight is 137 g/mol. The van der Waals surface area contributed by atoms with Gasteiger partial charge in [0, 0.05) is 6.54 Å². The van der Waals surface area contributed by atoms with E-state index in [4.69, 9.17) is 5.26 Å². The number of likely N-dealkylation sites (tertiary alicyclic amines) is 1. The van der Waals surface area contributed by atoms with Gasteiger partial charge in [0.15, 0.2) is 0 Å². The Labute approximate surface area is 62.4 Å². The van der Waals surface area contributed by atoms with Gasteiger partial charge < -0.3 is 0 Å². The molecule has 1 aliphatic heterocycles. The normalized spacial score (nSPS) is 27.8. The third kappa shape index (κ3) is 2.00. The van der Waals surface area contributed by atoms with Crippen molar-refractivity contribution in [1.82, 2.24) is 4.90 Å². The maximum absolute atomic E-state index is 8.39. The molecule has 0 spiro atoms. The molecule has 1 radical (unpaired) electrons. The Balaban J connectivity index is 2.27. The van der Waals surface area contributed by atoms with Crippen LogP contribution in [-0.4, -0.2) is 24.5 Å². The number of piperidine rings is 1. The zero-order chi connectivity index (χ0) is 7.40. The second-order valence-electron chi connectivity index (χ2n) is 2.90. The van der Waals surface area contributed by atoms with Crippen LogP contribution in [0.15, 0.2) is 0 Å². The van der Waals surface area contributed by atoms with Crippen molar-refractivity contribution in [3.8, 4) is 6.07 Å². The van der Waals surface area contributed by atoms with Gasteiger partial charge >= 0.3 is 0 Å². The first kappa shape index (κ1) is 7.56. The minimum atomic E-state index is 0.544. The fourth-order valence-electron chi connectivity index (χ4n) is 1.39. The first-order valence-electron chi connectivity index (χ1n) is 3.75. The van der Waals surface area contributed by atoms with Crippen molar-refractivity contribution in [3.63, 3.8) is 0 Å². The fourth-order valence-corrected chi connectivity index (χ4v) is 1.39. The molecule has 0 aromatic carbocycles. The number of hydrogen-bond acceptors (Lipinski definition) is 2. The van der Waals surface area contributed by atoms with Crippen LogP contribution in [0.1, 0.15) is 12.8 Å². The van der Waals surface area contributed by atoms with Gasteiger partial charge in [0.1, 0.15) is 0 Å². The predicted molar refractivity (Wildman–Crippen MR) is 40.1 cm³/mol. The van der Waals surface area contributed by atoms with Gasteiger partial charge in [-0.1, -0.05) is 0 Å². The van der Waals surface area contributed by atoms with Crippen molar-refractivity contribution in [2.45, 2.75) is 12.8 Å². The molecule has 1 heterocycles. The first-order valence-corrected chi connectivity index (χ1v) is 3.75. The summed E-state index contributed by atoms with van der Waals surface area (Å²) < 4.78 is 0. The van der Waals surface area contributed by atoms with Crippen LogP contribution in [0.2, 0.25) is 0 Å². The van der Waals surface area contributed by atoms with E-state index in [0.717, 1.165) is 13.1 Å². The summed E-state index contributed by atoms with van der Waals surface area (Å²) in [6.07, 6.45) is 2.43. The summed E-state index contributed by atoms with van der Waals surface area (Å²) in [5, 5.41) is 8.39. The van der Waals surface area contributed by atoms with E-state index in [9.17, 15) is 0 Å². The molecule has 0 bridgehead atoms. The van der Waals surface area contributed by atoms with Gasteiger partial charge in [0.25, 0.3) is 0 Å². The number of hydrogen-bond donors (Lipinski definition) is 0. The highest BCUT2D eigenvalue weighted by molar-refractivity contribution is 4.81. The van der Waals surface area contributed by atoms with Gasteiger partial charge in [0.2, 0.25) is 0 Å². The third-order valence-electron chi connectivity index (χ3n) is 1.90. The van der Waals surface area contributed by atoms with Crippen LogP contribution in [-0.2, 0) is 0 Å². The smallest absolute Gasteiger partial charge is 0.0866 e. The van der Waals surface area contributed by atoms with E-state index in [0.29, 0.717) is 12.5 Å². The van der Waals surface area contributed by atoms with Crippen molar-refractivity contribution in [3.05, 3.63) is 6.92 Å². The third-order valence-corrected chi connectivity index (χ3v) is 1.90. The van der Waals surface area contributed by atoms with E-state index in [2.05, 4.69) is 17.9 Å². The highest BCUT2D eigenvalue weighted by Crippen LogP contribution is 2.13. The zero-order valence-electron chi connectivity index (χ0n) is 6.21. The van der Waals surface area contributed by atoms with Crippen LogP contribution >= 0.6 is 0 Å². The lowest BCUT2D eigenvalue weighted by Gasteiger charge is -2.28. The molecular formula is C8H13N2. The average Bonchev–Trinajstić information content (AvgIpc) is 1.88. The van der Waals surface area contributed by atoms with Crippen LogP contribution in [0.4, 0.5) is 0 Å². The monoisotopic (exact) mass is 137 g/mol. The highest BCUT2D eigenvalue weighted by atomic mass is 15.1. The van der Waals surface area contributed by atoms with Crippen LogP contribution in [0, 0.1) is 24.2 Å². The Morgan fingerprint density at radius 3 is 3.10 bits per heavy atom. The summed E-state index contributed by atoms with van der Waals surface area (Å²) in [5.74, 6) is 0.544. The molecule has 0 aromatic heterocycles. The SMILES string of the molecule is [CH2]C1CCCN(CC#N)C1. The minimum Gasteiger partial charge on any atom is -0.290 e. The molecule has 2 heteroatoms. The Bertz CT molecular complexity index is 137. The molecular weight excluding hydrogens is 124 g/mol. The van der Waals surface area contributed by atoms with Gasteiger partial charge in [-0.05, 0) is 32.2 Å². The number of nitrogens with zero attached hydrogens (tertiary/aromatic N) is 2. The van der Waals surface area contributed by atoms with Crippen LogP contribution in [0.5, 0.6) is 0 Å². The summed E-state index contributed by atoms with van der Waals surface area (Å²) in [5.41, 5.74) is 0. The molecule has 1 aliphatic rings. The quantitative estimate of drug-likeness (QED) is 0.505. The van der Waals surface area contributed by atoms with Gasteiger partial charge in [-0.3, -0.25) is 4.90 Å². The zero-order valence-corrected chi connectivity index (χ0v) is 6.21. The largest absolute Gasteiger partial charge is 0.290 e. The standard InChI is InChI=1S/C8H13N2/c1-8-3-2-5-10(7-8)6-4-9/h8H,1-3,5-7H2. The van der Waals surface area contributed by atoms with Crippen LogP contribution in [0.3, 0.4) is 0 Å². The molecule has 1 fully saturated rings. The summed E-state index contributed by atoms with van der Waals surface area (Å²) in [4.78, 5) is 2.17. The van der Waals surface area contributed by atoms with E-state index >= 15 is 0 Å². The highest BCUT2D eigenvalue weighted by Gasteiger charge is 2.14. The van der Waals surface area contributed by atoms with Gasteiger partial charge in [-0.2, -0.15) is 5.26 Å². The van der Waals surface area contributed by atoms with Gasteiger partial charge in [0.05, 0.1) is 12.6 Å². The van der Waals surface area contributed by atoms with E-state index < -0.39 is 0 Å². The summed E-state index contributed by atoms with van der Waals surface area (Å²) in [6, 6.07) is 2.16. The van der Waals surface area contributed by atoms with Crippen molar-refractivity contribution in [2.75, 3.05) is 19.6 Å². The first-order chi connectivity index (χ1) is 4.83. The molecule has 0 amide bonds. The maximum Gasteiger partial charge on any atom is 0.0866 e. The van der Waals surface area contributed by atoms with E-state index in [1.54, 1.807) is 0 Å². The van der Waals surface area contributed by atoms with Crippen molar-refractivity contribution in [1.29, 1.82) is 5.26 Å².